The highest BCUT2D eigenvalue weighted by Gasteiger charge is 2.34. The molecule has 3 aromatic rings. The van der Waals surface area contributed by atoms with Crippen molar-refractivity contribution < 1.29 is 4.79 Å². The van der Waals surface area contributed by atoms with Gasteiger partial charge < -0.3 is 10.2 Å². The van der Waals surface area contributed by atoms with Crippen molar-refractivity contribution in [3.8, 4) is 5.69 Å². The Bertz CT molecular complexity index is 919. The summed E-state index contributed by atoms with van der Waals surface area (Å²) in [6, 6.07) is 20.1. The normalized spacial score (nSPS) is 13.3. The van der Waals surface area contributed by atoms with Crippen LogP contribution in [0.15, 0.2) is 60.7 Å². The minimum atomic E-state index is -0.133. The lowest BCUT2D eigenvalue weighted by Crippen LogP contribution is -2.29. The zero-order valence-electron chi connectivity index (χ0n) is 16.1. The number of nitrogens with zero attached hydrogens (tertiary/aromatic N) is 4. The van der Waals surface area contributed by atoms with Gasteiger partial charge in [0.15, 0.2) is 5.69 Å². The highest BCUT2D eigenvalue weighted by atomic mass is 16.2. The van der Waals surface area contributed by atoms with E-state index < -0.39 is 0 Å². The Hall–Kier alpha value is -3.15. The van der Waals surface area contributed by atoms with Crippen molar-refractivity contribution in [1.82, 2.24) is 20.3 Å². The van der Waals surface area contributed by atoms with Crippen LogP contribution in [0.4, 0.5) is 5.69 Å². The number of para-hydroxylation sites is 2. The number of amides is 1. The van der Waals surface area contributed by atoms with E-state index in [0.717, 1.165) is 37.2 Å². The average Bonchev–Trinajstić information content (AvgIpc) is 3.49. The van der Waals surface area contributed by atoms with E-state index in [9.17, 15) is 4.79 Å². The van der Waals surface area contributed by atoms with Gasteiger partial charge in [0.25, 0.3) is 5.91 Å². The predicted molar refractivity (Wildman–Crippen MR) is 110 cm³/mol. The molecule has 0 aliphatic heterocycles. The summed E-state index contributed by atoms with van der Waals surface area (Å²) < 4.78 is 1.82. The number of aromatic nitrogens is 3. The van der Waals surface area contributed by atoms with Gasteiger partial charge in [0.1, 0.15) is 0 Å². The van der Waals surface area contributed by atoms with E-state index in [1.165, 1.54) is 5.69 Å². The van der Waals surface area contributed by atoms with E-state index >= 15 is 0 Å². The third-order valence-corrected chi connectivity index (χ3v) is 5.04. The van der Waals surface area contributed by atoms with E-state index in [1.54, 1.807) is 0 Å². The summed E-state index contributed by atoms with van der Waals surface area (Å²) in [5.74, 6) is 0.242. The second-order valence-electron chi connectivity index (χ2n) is 7.21. The molecule has 6 nitrogen and oxygen atoms in total. The van der Waals surface area contributed by atoms with Crippen molar-refractivity contribution in [2.24, 2.45) is 0 Å². The molecule has 144 valence electrons. The number of carbonyl (C=O) groups is 1. The van der Waals surface area contributed by atoms with Crippen LogP contribution < -0.4 is 10.2 Å². The second-order valence-corrected chi connectivity index (χ2v) is 7.21. The van der Waals surface area contributed by atoms with Crippen LogP contribution in [0.2, 0.25) is 0 Å². The van der Waals surface area contributed by atoms with Gasteiger partial charge in [-0.15, -0.1) is 5.10 Å². The lowest BCUT2D eigenvalue weighted by atomic mass is 10.2. The summed E-state index contributed by atoms with van der Waals surface area (Å²) in [7, 11) is 2.06. The largest absolute Gasteiger partial charge is 0.375 e. The van der Waals surface area contributed by atoms with Crippen molar-refractivity contribution >= 4 is 11.6 Å². The van der Waals surface area contributed by atoms with Crippen LogP contribution in [0, 0.1) is 0 Å². The first-order valence-electron chi connectivity index (χ1n) is 9.79. The van der Waals surface area contributed by atoms with Gasteiger partial charge in [-0.2, -0.15) is 0 Å². The van der Waals surface area contributed by atoms with E-state index in [4.69, 9.17) is 0 Å². The lowest BCUT2D eigenvalue weighted by Gasteiger charge is -2.19. The number of hydrogen-bond acceptors (Lipinski definition) is 4. The minimum absolute atomic E-state index is 0.133. The second kappa shape index (κ2) is 8.25. The molecule has 1 fully saturated rings. The molecule has 1 aliphatic rings. The minimum Gasteiger partial charge on any atom is -0.375 e. The van der Waals surface area contributed by atoms with Crippen molar-refractivity contribution in [2.45, 2.75) is 25.2 Å². The highest BCUT2D eigenvalue weighted by Crippen LogP contribution is 2.41. The molecular weight excluding hydrogens is 350 g/mol. The topological polar surface area (TPSA) is 63.1 Å². The Morgan fingerprint density at radius 1 is 1.11 bits per heavy atom. The van der Waals surface area contributed by atoms with Crippen LogP contribution in [0.25, 0.3) is 5.69 Å². The summed E-state index contributed by atoms with van der Waals surface area (Å²) in [6.45, 7) is 1.48. The van der Waals surface area contributed by atoms with Crippen molar-refractivity contribution in [3.05, 3.63) is 72.1 Å². The predicted octanol–water partition coefficient (Wildman–Crippen LogP) is 3.40. The smallest absolute Gasteiger partial charge is 0.273 e. The fraction of sp³-hybridized carbons (Fsp3) is 0.318. The van der Waals surface area contributed by atoms with Gasteiger partial charge in [-0.1, -0.05) is 41.6 Å². The molecule has 6 heteroatoms. The Morgan fingerprint density at radius 3 is 2.46 bits per heavy atom. The van der Waals surface area contributed by atoms with Gasteiger partial charge >= 0.3 is 0 Å². The fourth-order valence-electron chi connectivity index (χ4n) is 3.35. The molecule has 1 heterocycles. The van der Waals surface area contributed by atoms with Crippen LogP contribution in [-0.2, 0) is 0 Å². The molecule has 1 aromatic heterocycles. The summed E-state index contributed by atoms with van der Waals surface area (Å²) in [5.41, 5.74) is 3.52. The van der Waals surface area contributed by atoms with Gasteiger partial charge in [-0.05, 0) is 43.5 Å². The van der Waals surface area contributed by atoms with Crippen LogP contribution in [0.5, 0.6) is 0 Å². The molecule has 4 rings (SSSR count). The highest BCUT2D eigenvalue weighted by molar-refractivity contribution is 5.93. The fourth-order valence-corrected chi connectivity index (χ4v) is 3.35. The standard InChI is InChI=1S/C22H25N5O/c1-26(18-9-4-2-5-10-18)16-8-15-23-22(28)20-21(17-13-14-17)27(25-24-20)19-11-6-3-7-12-19/h2-7,9-12,17H,8,13-16H2,1H3,(H,23,28). The molecular formula is C22H25N5O. The summed E-state index contributed by atoms with van der Waals surface area (Å²) >= 11 is 0. The molecule has 2 aromatic carbocycles. The maximum atomic E-state index is 12.7. The molecule has 0 atom stereocenters. The Kier molecular flexibility index (Phi) is 5.37. The molecule has 1 amide bonds. The molecule has 0 unspecified atom stereocenters. The Balaban J connectivity index is 1.37. The van der Waals surface area contributed by atoms with Gasteiger partial charge in [-0.3, -0.25) is 4.79 Å². The maximum absolute atomic E-state index is 12.7. The zero-order chi connectivity index (χ0) is 19.3. The summed E-state index contributed by atoms with van der Waals surface area (Å²) in [5, 5.41) is 11.5. The number of hydrogen-bond donors (Lipinski definition) is 1. The Morgan fingerprint density at radius 2 is 1.79 bits per heavy atom. The molecule has 0 saturated heterocycles. The number of benzene rings is 2. The lowest BCUT2D eigenvalue weighted by molar-refractivity contribution is 0.0947. The monoisotopic (exact) mass is 375 g/mol. The van der Waals surface area contributed by atoms with E-state index in [-0.39, 0.29) is 5.91 Å². The molecule has 0 bridgehead atoms. The molecule has 28 heavy (non-hydrogen) atoms. The van der Waals surface area contributed by atoms with Gasteiger partial charge in [-0.25, -0.2) is 4.68 Å². The molecule has 0 spiro atoms. The molecule has 1 aliphatic carbocycles. The van der Waals surface area contributed by atoms with Crippen LogP contribution in [-0.4, -0.2) is 41.0 Å². The first kappa shape index (κ1) is 18.2. The average molecular weight is 375 g/mol. The van der Waals surface area contributed by atoms with Crippen LogP contribution in [0.3, 0.4) is 0 Å². The molecule has 0 radical (unpaired) electrons. The van der Waals surface area contributed by atoms with E-state index in [0.29, 0.717) is 18.2 Å². The number of nitrogens with one attached hydrogen (secondary N) is 1. The first-order chi connectivity index (χ1) is 13.7. The van der Waals surface area contributed by atoms with Gasteiger partial charge in [0, 0.05) is 31.7 Å². The number of anilines is 1. The number of rotatable bonds is 8. The maximum Gasteiger partial charge on any atom is 0.273 e. The summed E-state index contributed by atoms with van der Waals surface area (Å²) in [6.07, 6.45) is 3.04. The first-order valence-corrected chi connectivity index (χ1v) is 9.79. The zero-order valence-corrected chi connectivity index (χ0v) is 16.1. The van der Waals surface area contributed by atoms with Crippen LogP contribution >= 0.6 is 0 Å². The number of carbonyl (C=O) groups excluding carboxylic acids is 1. The van der Waals surface area contributed by atoms with Gasteiger partial charge in [0.2, 0.25) is 0 Å². The SMILES string of the molecule is CN(CCCNC(=O)c1nnn(-c2ccccc2)c1C1CC1)c1ccccc1. The van der Waals surface area contributed by atoms with Crippen molar-refractivity contribution in [3.63, 3.8) is 0 Å². The van der Waals surface area contributed by atoms with E-state index in [2.05, 4.69) is 39.7 Å². The third-order valence-electron chi connectivity index (χ3n) is 5.04. The Labute approximate surface area is 165 Å². The van der Waals surface area contributed by atoms with Gasteiger partial charge in [0.05, 0.1) is 11.4 Å². The quantitative estimate of drug-likeness (QED) is 0.613. The van der Waals surface area contributed by atoms with Crippen LogP contribution in [0.1, 0.15) is 41.4 Å². The van der Waals surface area contributed by atoms with Crippen molar-refractivity contribution in [2.75, 3.05) is 25.0 Å². The molecule has 1 N–H and O–H groups in total. The molecule has 1 saturated carbocycles. The van der Waals surface area contributed by atoms with E-state index in [1.807, 2.05) is 53.2 Å². The third kappa shape index (κ3) is 4.06. The summed E-state index contributed by atoms with van der Waals surface area (Å²) in [4.78, 5) is 14.9. The van der Waals surface area contributed by atoms with Crippen molar-refractivity contribution in [1.29, 1.82) is 0 Å².